The molecule has 0 aliphatic rings. The van der Waals surface area contributed by atoms with E-state index in [9.17, 15) is 0 Å². The van der Waals surface area contributed by atoms with Crippen LogP contribution in [0.2, 0.25) is 0 Å². The summed E-state index contributed by atoms with van der Waals surface area (Å²) in [6, 6.07) is 10.3. The van der Waals surface area contributed by atoms with Crippen molar-refractivity contribution in [1.82, 2.24) is 15.3 Å². The molecule has 17 heavy (non-hydrogen) atoms. The highest BCUT2D eigenvalue weighted by atomic mass is 14.9. The molecule has 2 aromatic heterocycles. The van der Waals surface area contributed by atoms with Crippen LogP contribution in [0.1, 0.15) is 23.0 Å². The number of likely N-dealkylation sites (N-methyl/N-ethyl adjacent to an activating group) is 1. The van der Waals surface area contributed by atoms with Crippen molar-refractivity contribution in [1.29, 1.82) is 0 Å². The molecule has 0 bridgehead atoms. The minimum absolute atomic E-state index is 0.214. The summed E-state index contributed by atoms with van der Waals surface area (Å²) in [5, 5.41) is 3.31. The smallest absolute Gasteiger partial charge is 0.0606 e. The van der Waals surface area contributed by atoms with Crippen LogP contribution in [0.3, 0.4) is 0 Å². The first-order valence-corrected chi connectivity index (χ1v) is 5.80. The van der Waals surface area contributed by atoms with Gasteiger partial charge in [-0.1, -0.05) is 12.1 Å². The van der Waals surface area contributed by atoms with Gasteiger partial charge in [0.25, 0.3) is 0 Å². The maximum Gasteiger partial charge on any atom is 0.0606 e. The zero-order valence-electron chi connectivity index (χ0n) is 10.2. The average Bonchev–Trinajstić information content (AvgIpc) is 2.38. The van der Waals surface area contributed by atoms with Crippen LogP contribution in [0.25, 0.3) is 0 Å². The molecule has 0 aliphatic heterocycles. The molecule has 1 unspecified atom stereocenters. The van der Waals surface area contributed by atoms with E-state index in [0.29, 0.717) is 0 Å². The molecular weight excluding hydrogens is 210 g/mol. The van der Waals surface area contributed by atoms with Crippen molar-refractivity contribution in [3.05, 3.63) is 59.7 Å². The highest BCUT2D eigenvalue weighted by Crippen LogP contribution is 2.17. The van der Waals surface area contributed by atoms with Crippen LogP contribution >= 0.6 is 0 Å². The fraction of sp³-hybridized carbons (Fsp3) is 0.286. The highest BCUT2D eigenvalue weighted by molar-refractivity contribution is 5.22. The highest BCUT2D eigenvalue weighted by Gasteiger charge is 2.13. The van der Waals surface area contributed by atoms with Crippen LogP contribution < -0.4 is 5.32 Å². The SMILES string of the molecule is CNC(Cc1ccccn1)c1ncccc1C. The lowest BCUT2D eigenvalue weighted by Gasteiger charge is -2.17. The first kappa shape index (κ1) is 11.7. The molecule has 2 heterocycles. The Morgan fingerprint density at radius 1 is 1.12 bits per heavy atom. The Bertz CT molecular complexity index is 468. The van der Waals surface area contributed by atoms with Crippen molar-refractivity contribution in [3.63, 3.8) is 0 Å². The molecule has 3 nitrogen and oxygen atoms in total. The van der Waals surface area contributed by atoms with Gasteiger partial charge in [0, 0.05) is 24.5 Å². The average molecular weight is 227 g/mol. The molecule has 1 N–H and O–H groups in total. The van der Waals surface area contributed by atoms with Crippen molar-refractivity contribution in [2.45, 2.75) is 19.4 Å². The molecular formula is C14H17N3. The van der Waals surface area contributed by atoms with Gasteiger partial charge < -0.3 is 5.32 Å². The van der Waals surface area contributed by atoms with Gasteiger partial charge in [0.2, 0.25) is 0 Å². The lowest BCUT2D eigenvalue weighted by molar-refractivity contribution is 0.565. The molecule has 0 spiro atoms. The third-order valence-corrected chi connectivity index (χ3v) is 2.87. The van der Waals surface area contributed by atoms with E-state index in [1.54, 1.807) is 0 Å². The number of pyridine rings is 2. The van der Waals surface area contributed by atoms with Gasteiger partial charge in [0.1, 0.15) is 0 Å². The summed E-state index contributed by atoms with van der Waals surface area (Å²) in [5.41, 5.74) is 3.39. The summed E-state index contributed by atoms with van der Waals surface area (Å²) in [4.78, 5) is 8.81. The Labute approximate surface area is 102 Å². The zero-order valence-corrected chi connectivity index (χ0v) is 10.2. The van der Waals surface area contributed by atoms with Crippen molar-refractivity contribution in [3.8, 4) is 0 Å². The number of aromatic nitrogens is 2. The molecule has 0 saturated heterocycles. The minimum atomic E-state index is 0.214. The molecule has 0 radical (unpaired) electrons. The van der Waals surface area contributed by atoms with Crippen LogP contribution in [0.4, 0.5) is 0 Å². The second kappa shape index (κ2) is 5.55. The van der Waals surface area contributed by atoms with Crippen molar-refractivity contribution in [2.75, 3.05) is 7.05 Å². The fourth-order valence-corrected chi connectivity index (χ4v) is 1.93. The second-order valence-electron chi connectivity index (χ2n) is 4.07. The van der Waals surface area contributed by atoms with Crippen LogP contribution in [0, 0.1) is 6.92 Å². The largest absolute Gasteiger partial charge is 0.311 e. The quantitative estimate of drug-likeness (QED) is 0.870. The fourth-order valence-electron chi connectivity index (χ4n) is 1.93. The van der Waals surface area contributed by atoms with Crippen molar-refractivity contribution >= 4 is 0 Å². The summed E-state index contributed by atoms with van der Waals surface area (Å²) in [6.07, 6.45) is 4.52. The van der Waals surface area contributed by atoms with Crippen LogP contribution in [0.15, 0.2) is 42.7 Å². The number of hydrogen-bond donors (Lipinski definition) is 1. The van der Waals surface area contributed by atoms with Gasteiger partial charge >= 0.3 is 0 Å². The first-order valence-electron chi connectivity index (χ1n) is 5.80. The third kappa shape index (κ3) is 2.88. The summed E-state index contributed by atoms with van der Waals surface area (Å²) in [7, 11) is 1.96. The van der Waals surface area contributed by atoms with E-state index in [1.165, 1.54) is 5.56 Å². The Kier molecular flexibility index (Phi) is 3.83. The van der Waals surface area contributed by atoms with E-state index in [2.05, 4.69) is 28.3 Å². The van der Waals surface area contributed by atoms with Gasteiger partial charge in [0.15, 0.2) is 0 Å². The molecule has 88 valence electrons. The van der Waals surface area contributed by atoms with Crippen molar-refractivity contribution < 1.29 is 0 Å². The monoisotopic (exact) mass is 227 g/mol. The van der Waals surface area contributed by atoms with Crippen molar-refractivity contribution in [2.24, 2.45) is 0 Å². The summed E-state index contributed by atoms with van der Waals surface area (Å²) in [6.45, 7) is 2.09. The van der Waals surface area contributed by atoms with E-state index in [0.717, 1.165) is 17.8 Å². The topological polar surface area (TPSA) is 37.8 Å². The number of hydrogen-bond acceptors (Lipinski definition) is 3. The first-order chi connectivity index (χ1) is 8.31. The lowest BCUT2D eigenvalue weighted by atomic mass is 10.0. The van der Waals surface area contributed by atoms with E-state index < -0.39 is 0 Å². The van der Waals surface area contributed by atoms with Gasteiger partial charge in [-0.15, -0.1) is 0 Å². The standard InChI is InChI=1S/C14H17N3/c1-11-6-5-9-17-14(11)13(15-2)10-12-7-3-4-8-16-12/h3-9,13,15H,10H2,1-2H3. The summed E-state index contributed by atoms with van der Waals surface area (Å²) in [5.74, 6) is 0. The van der Waals surface area contributed by atoms with E-state index in [-0.39, 0.29) is 6.04 Å². The molecule has 0 fully saturated rings. The lowest BCUT2D eigenvalue weighted by Crippen LogP contribution is -2.21. The number of rotatable bonds is 4. The van der Waals surface area contributed by atoms with Gasteiger partial charge in [-0.25, -0.2) is 0 Å². The van der Waals surface area contributed by atoms with Gasteiger partial charge in [-0.05, 0) is 37.7 Å². The van der Waals surface area contributed by atoms with Gasteiger partial charge in [-0.3, -0.25) is 9.97 Å². The van der Waals surface area contributed by atoms with E-state index >= 15 is 0 Å². The number of aryl methyl sites for hydroxylation is 1. The van der Waals surface area contributed by atoms with Crippen LogP contribution in [-0.4, -0.2) is 17.0 Å². The molecule has 0 saturated carbocycles. The molecule has 0 aliphatic carbocycles. The van der Waals surface area contributed by atoms with E-state index in [1.807, 2.05) is 43.7 Å². The number of nitrogens with zero attached hydrogens (tertiary/aromatic N) is 2. The number of nitrogens with one attached hydrogen (secondary N) is 1. The predicted molar refractivity (Wildman–Crippen MR) is 68.7 cm³/mol. The molecule has 3 heteroatoms. The molecule has 1 atom stereocenters. The summed E-state index contributed by atoms with van der Waals surface area (Å²) < 4.78 is 0. The molecule has 0 amide bonds. The van der Waals surface area contributed by atoms with Gasteiger partial charge in [-0.2, -0.15) is 0 Å². The van der Waals surface area contributed by atoms with E-state index in [4.69, 9.17) is 0 Å². The maximum atomic E-state index is 4.46. The Morgan fingerprint density at radius 3 is 2.59 bits per heavy atom. The molecule has 2 rings (SSSR count). The van der Waals surface area contributed by atoms with Crippen LogP contribution in [0.5, 0.6) is 0 Å². The van der Waals surface area contributed by atoms with Crippen LogP contribution in [-0.2, 0) is 6.42 Å². The maximum absolute atomic E-state index is 4.46. The van der Waals surface area contributed by atoms with Gasteiger partial charge in [0.05, 0.1) is 11.7 Å². The second-order valence-corrected chi connectivity index (χ2v) is 4.07. The predicted octanol–water partition coefficient (Wildman–Crippen LogP) is 2.29. The zero-order chi connectivity index (χ0) is 12.1. The minimum Gasteiger partial charge on any atom is -0.311 e. The normalized spacial score (nSPS) is 12.4. The molecule has 0 aromatic carbocycles. The Hall–Kier alpha value is -1.74. The summed E-state index contributed by atoms with van der Waals surface area (Å²) >= 11 is 0. The Morgan fingerprint density at radius 2 is 1.94 bits per heavy atom. The molecule has 2 aromatic rings. The third-order valence-electron chi connectivity index (χ3n) is 2.87. The Balaban J connectivity index is 2.21.